The van der Waals surface area contributed by atoms with Gasteiger partial charge in [-0.2, -0.15) is 0 Å². The molecule has 2 amide bonds. The fraction of sp³-hybridized carbons (Fsp3) is 0.500. The van der Waals surface area contributed by atoms with Crippen LogP contribution in [0.1, 0.15) is 37.8 Å². The quantitative estimate of drug-likeness (QED) is 0.663. The van der Waals surface area contributed by atoms with Crippen LogP contribution in [0.4, 0.5) is 4.79 Å². The first-order valence-corrected chi connectivity index (χ1v) is 8.03. The number of amides is 2. The zero-order chi connectivity index (χ0) is 17.7. The average molecular weight is 420 g/mol. The number of hydrogen-bond donors (Lipinski definition) is 0. The fourth-order valence-electron chi connectivity index (χ4n) is 2.81. The van der Waals surface area contributed by atoms with Crippen molar-refractivity contribution in [3.63, 3.8) is 0 Å². The van der Waals surface area contributed by atoms with Gasteiger partial charge in [-0.05, 0) is 12.5 Å². The van der Waals surface area contributed by atoms with Gasteiger partial charge in [0.05, 0.1) is 12.5 Å². The Kier molecular flexibility index (Phi) is 8.73. The predicted octanol–water partition coefficient (Wildman–Crippen LogP) is 2.30. The van der Waals surface area contributed by atoms with Gasteiger partial charge in [-0.25, -0.2) is 4.79 Å². The van der Waals surface area contributed by atoms with Gasteiger partial charge in [0, 0.05) is 59.3 Å². The van der Waals surface area contributed by atoms with E-state index in [1.54, 1.807) is 25.9 Å². The Balaban J connectivity index is 0.00000312. The maximum Gasteiger partial charge on any atom is 0.410 e. The van der Waals surface area contributed by atoms with E-state index in [0.29, 0.717) is 6.42 Å². The Bertz CT molecular complexity index is 596. The standard InChI is InChI=1S/C18H23N2O4.Y/c1-13(9-10-21)19(2)17(22)12-15-11-16(20(3)18(23)24-15)14-7-5-4-6-8-14;/h4-8,13,15-16H,9,11-12H2,1-3H3;/q-1;. The van der Waals surface area contributed by atoms with Gasteiger partial charge in [0.25, 0.3) is 0 Å². The topological polar surface area (TPSA) is 66.9 Å². The van der Waals surface area contributed by atoms with Crippen molar-refractivity contribution in [2.75, 3.05) is 14.1 Å². The molecule has 1 radical (unpaired) electrons. The minimum absolute atomic E-state index is 0. The summed E-state index contributed by atoms with van der Waals surface area (Å²) in [6.45, 7) is 1.79. The molecular formula is C18H23N2O4Y-. The second-order valence-corrected chi connectivity index (χ2v) is 6.19. The fourth-order valence-corrected chi connectivity index (χ4v) is 2.81. The summed E-state index contributed by atoms with van der Waals surface area (Å²) in [5, 5.41) is 0. The van der Waals surface area contributed by atoms with Crippen LogP contribution in [0.2, 0.25) is 0 Å². The zero-order valence-corrected chi connectivity index (χ0v) is 17.7. The maximum atomic E-state index is 12.4. The molecule has 3 unspecified atom stereocenters. The van der Waals surface area contributed by atoms with Gasteiger partial charge in [0.2, 0.25) is 5.91 Å². The third-order valence-corrected chi connectivity index (χ3v) is 4.53. The van der Waals surface area contributed by atoms with E-state index in [0.717, 1.165) is 5.56 Å². The molecule has 1 heterocycles. The van der Waals surface area contributed by atoms with Gasteiger partial charge in [-0.1, -0.05) is 30.3 Å². The molecular weight excluding hydrogens is 397 g/mol. The van der Waals surface area contributed by atoms with Gasteiger partial charge < -0.3 is 19.3 Å². The molecule has 1 aromatic rings. The zero-order valence-electron chi connectivity index (χ0n) is 14.8. The molecule has 1 saturated heterocycles. The summed E-state index contributed by atoms with van der Waals surface area (Å²) in [6.07, 6.45) is 1.75. The monoisotopic (exact) mass is 420 g/mol. The smallest absolute Gasteiger partial charge is 0.410 e. The van der Waals surface area contributed by atoms with Crippen LogP contribution >= 0.6 is 0 Å². The minimum atomic E-state index is -0.471. The second kappa shape index (κ2) is 10.0. The number of ether oxygens (including phenoxy) is 1. The second-order valence-electron chi connectivity index (χ2n) is 6.19. The van der Waals surface area contributed by atoms with E-state index in [9.17, 15) is 14.4 Å². The van der Waals surface area contributed by atoms with Crippen LogP contribution in [0.15, 0.2) is 30.3 Å². The molecule has 1 aromatic carbocycles. The molecule has 0 aromatic heterocycles. The Hall–Kier alpha value is -1.27. The van der Waals surface area contributed by atoms with Crippen LogP contribution in [0, 0.1) is 0 Å². The molecule has 0 spiro atoms. The first-order valence-electron chi connectivity index (χ1n) is 8.03. The molecule has 3 atom stereocenters. The molecule has 7 heteroatoms. The van der Waals surface area contributed by atoms with Crippen molar-refractivity contribution >= 4 is 18.3 Å². The van der Waals surface area contributed by atoms with E-state index in [1.165, 1.54) is 4.90 Å². The van der Waals surface area contributed by atoms with E-state index in [2.05, 4.69) is 0 Å². The largest absolute Gasteiger partial charge is 0.542 e. The maximum absolute atomic E-state index is 12.4. The van der Waals surface area contributed by atoms with Crippen LogP contribution in [0.5, 0.6) is 0 Å². The van der Waals surface area contributed by atoms with Gasteiger partial charge in [-0.15, -0.1) is 6.42 Å². The molecule has 0 aliphatic carbocycles. The third kappa shape index (κ3) is 5.61. The van der Waals surface area contributed by atoms with Crippen LogP contribution in [-0.4, -0.2) is 54.3 Å². The molecule has 2 rings (SSSR count). The van der Waals surface area contributed by atoms with Crippen molar-refractivity contribution in [3.8, 4) is 0 Å². The van der Waals surface area contributed by atoms with Crippen LogP contribution < -0.4 is 0 Å². The summed E-state index contributed by atoms with van der Waals surface area (Å²) in [6, 6.07) is 9.37. The predicted molar refractivity (Wildman–Crippen MR) is 89.0 cm³/mol. The summed E-state index contributed by atoms with van der Waals surface area (Å²) >= 11 is 0. The summed E-state index contributed by atoms with van der Waals surface area (Å²) < 4.78 is 5.37. The van der Waals surface area contributed by atoms with E-state index >= 15 is 0 Å². The molecule has 6 nitrogen and oxygen atoms in total. The van der Waals surface area contributed by atoms with Gasteiger partial charge >= 0.3 is 6.09 Å². The first-order chi connectivity index (χ1) is 11.4. The van der Waals surface area contributed by atoms with Crippen molar-refractivity contribution in [1.82, 2.24) is 9.80 Å². The van der Waals surface area contributed by atoms with Crippen molar-refractivity contribution in [3.05, 3.63) is 35.9 Å². The van der Waals surface area contributed by atoms with E-state index in [4.69, 9.17) is 4.74 Å². The minimum Gasteiger partial charge on any atom is -0.542 e. The normalized spacial score (nSPS) is 20.9. The van der Waals surface area contributed by atoms with Crippen molar-refractivity contribution in [2.24, 2.45) is 0 Å². The van der Waals surface area contributed by atoms with Crippen molar-refractivity contribution in [2.45, 2.75) is 44.4 Å². The summed E-state index contributed by atoms with van der Waals surface area (Å²) in [5.41, 5.74) is 1.02. The number of nitrogens with zero attached hydrogens (tertiary/aromatic N) is 2. The van der Waals surface area contributed by atoms with Crippen LogP contribution in [-0.2, 0) is 47.0 Å². The number of hydrogen-bond acceptors (Lipinski definition) is 4. The molecule has 1 aliphatic heterocycles. The molecule has 133 valence electrons. The SMILES string of the molecule is CC(C[C-]=O)N(C)C(=O)CC1CC(c2ccccc2)N(C)C(=O)O1.[Y]. The molecule has 0 bridgehead atoms. The number of carbonyl (C=O) groups excluding carboxylic acids is 3. The number of rotatable bonds is 6. The molecule has 0 saturated carbocycles. The third-order valence-electron chi connectivity index (χ3n) is 4.53. The Morgan fingerprint density at radius 3 is 2.64 bits per heavy atom. The van der Waals surface area contributed by atoms with E-state index in [1.807, 2.05) is 36.6 Å². The van der Waals surface area contributed by atoms with Gasteiger partial charge in [0.1, 0.15) is 6.10 Å². The Morgan fingerprint density at radius 2 is 2.04 bits per heavy atom. The number of carbonyl (C=O) groups is 2. The first kappa shape index (κ1) is 21.8. The summed E-state index contributed by atoms with van der Waals surface area (Å²) in [7, 11) is 3.35. The molecule has 25 heavy (non-hydrogen) atoms. The molecule has 1 fully saturated rings. The van der Waals surface area contributed by atoms with E-state index in [-0.39, 0.29) is 63.5 Å². The summed E-state index contributed by atoms with van der Waals surface area (Å²) in [5.74, 6) is -0.146. The van der Waals surface area contributed by atoms with E-state index < -0.39 is 12.2 Å². The Labute approximate surface area is 173 Å². The number of cyclic esters (lactones) is 1. The Morgan fingerprint density at radius 1 is 1.40 bits per heavy atom. The van der Waals surface area contributed by atoms with Gasteiger partial charge in [0.15, 0.2) is 0 Å². The van der Waals surface area contributed by atoms with Crippen molar-refractivity contribution < 1.29 is 51.8 Å². The van der Waals surface area contributed by atoms with Crippen molar-refractivity contribution in [1.29, 1.82) is 0 Å². The van der Waals surface area contributed by atoms with Crippen LogP contribution in [0.3, 0.4) is 0 Å². The molecule has 0 N–H and O–H groups in total. The molecule has 1 aliphatic rings. The van der Waals surface area contributed by atoms with Gasteiger partial charge in [-0.3, -0.25) is 11.1 Å². The average Bonchev–Trinajstić information content (AvgIpc) is 2.58. The van der Waals surface area contributed by atoms with Crippen LogP contribution in [0.25, 0.3) is 0 Å². The summed E-state index contributed by atoms with van der Waals surface area (Å²) in [4.78, 5) is 38.0. The number of benzene rings is 1.